The van der Waals surface area contributed by atoms with Gasteiger partial charge in [0.15, 0.2) is 5.96 Å². The van der Waals surface area contributed by atoms with Crippen LogP contribution in [0, 0.1) is 18.7 Å². The van der Waals surface area contributed by atoms with Gasteiger partial charge in [0, 0.05) is 19.3 Å². The minimum atomic E-state index is -0.572. The molecule has 2 amide bonds. The molecule has 0 radical (unpaired) electrons. The Labute approximate surface area is 206 Å². The Hall–Kier alpha value is -3.26. The minimum Gasteiger partial charge on any atom is -0.385 e. The molecule has 0 saturated heterocycles. The lowest BCUT2D eigenvalue weighted by Gasteiger charge is -2.37. The molecule has 2 aromatic carbocycles. The van der Waals surface area contributed by atoms with Gasteiger partial charge in [-0.15, -0.1) is 0 Å². The van der Waals surface area contributed by atoms with Crippen molar-refractivity contribution in [2.75, 3.05) is 13.7 Å². The predicted molar refractivity (Wildman–Crippen MR) is 134 cm³/mol. The second-order valence-corrected chi connectivity index (χ2v) is 9.70. The molecule has 0 unspecified atom stereocenters. The van der Waals surface area contributed by atoms with Gasteiger partial charge in [0.1, 0.15) is 5.82 Å². The highest BCUT2D eigenvalue weighted by Gasteiger charge is 2.38. The molecule has 0 aliphatic carbocycles. The number of ether oxygens (including phenoxy) is 1. The fourth-order valence-corrected chi connectivity index (χ4v) is 4.05. The molecule has 1 heterocycles. The van der Waals surface area contributed by atoms with Gasteiger partial charge in [-0.3, -0.25) is 14.5 Å². The molecule has 0 spiro atoms. The average Bonchev–Trinajstić information content (AvgIpc) is 2.79. The number of methoxy groups -OCH3 is 1. The summed E-state index contributed by atoms with van der Waals surface area (Å²) in [6, 6.07) is 11.7. The summed E-state index contributed by atoms with van der Waals surface area (Å²) < 4.78 is 19.7. The molecule has 1 aliphatic heterocycles. The van der Waals surface area contributed by atoms with Crippen molar-refractivity contribution in [1.29, 1.82) is 0 Å². The highest BCUT2D eigenvalue weighted by Crippen LogP contribution is 2.30. The topological polar surface area (TPSA) is 97.0 Å². The number of nitrogens with zero attached hydrogens (tertiary/aromatic N) is 2. The number of aliphatic imine (C=N–C) groups is 1. The SMILES string of the molecule is COCC[C@H](NC(=O)c1cc(F)cc(CN2C(=O)C[C@@](C)(C(C)C)N=C2N)c1)c1ccc(C)cc1. The molecule has 0 fully saturated rings. The maximum Gasteiger partial charge on any atom is 0.251 e. The number of carbonyl (C=O) groups is 2. The molecule has 2 atom stereocenters. The smallest absolute Gasteiger partial charge is 0.251 e. The first-order chi connectivity index (χ1) is 16.5. The van der Waals surface area contributed by atoms with Crippen molar-refractivity contribution in [3.8, 4) is 0 Å². The van der Waals surface area contributed by atoms with Gasteiger partial charge in [-0.25, -0.2) is 9.38 Å². The second-order valence-electron chi connectivity index (χ2n) is 9.70. The van der Waals surface area contributed by atoms with Gasteiger partial charge in [-0.2, -0.15) is 0 Å². The summed E-state index contributed by atoms with van der Waals surface area (Å²) in [5.41, 5.74) is 8.23. The van der Waals surface area contributed by atoms with Gasteiger partial charge < -0.3 is 15.8 Å². The number of carbonyl (C=O) groups excluding carboxylic acids is 2. The second kappa shape index (κ2) is 11.0. The van der Waals surface area contributed by atoms with E-state index in [1.807, 2.05) is 52.0 Å². The van der Waals surface area contributed by atoms with E-state index < -0.39 is 17.3 Å². The predicted octanol–water partition coefficient (Wildman–Crippen LogP) is 4.10. The molecule has 7 nitrogen and oxygen atoms in total. The highest BCUT2D eigenvalue weighted by atomic mass is 19.1. The Morgan fingerprint density at radius 2 is 1.94 bits per heavy atom. The van der Waals surface area contributed by atoms with Crippen LogP contribution in [-0.2, 0) is 16.1 Å². The van der Waals surface area contributed by atoms with Gasteiger partial charge in [0.05, 0.1) is 24.5 Å². The van der Waals surface area contributed by atoms with Crippen molar-refractivity contribution in [1.82, 2.24) is 10.2 Å². The van der Waals surface area contributed by atoms with Gasteiger partial charge in [-0.1, -0.05) is 43.7 Å². The third-order valence-electron chi connectivity index (χ3n) is 6.66. The van der Waals surface area contributed by atoms with E-state index in [4.69, 9.17) is 10.5 Å². The number of hydrogen-bond acceptors (Lipinski definition) is 5. The molecule has 8 heteroatoms. The number of nitrogens with two attached hydrogens (primary N) is 1. The summed E-state index contributed by atoms with van der Waals surface area (Å²) in [6.45, 7) is 8.37. The molecule has 188 valence electrons. The van der Waals surface area contributed by atoms with E-state index in [-0.39, 0.29) is 42.4 Å². The molecule has 35 heavy (non-hydrogen) atoms. The summed E-state index contributed by atoms with van der Waals surface area (Å²) in [7, 11) is 1.60. The van der Waals surface area contributed by atoms with Crippen LogP contribution in [0.15, 0.2) is 47.5 Å². The number of guanidine groups is 1. The van der Waals surface area contributed by atoms with E-state index >= 15 is 0 Å². The third kappa shape index (κ3) is 6.45. The van der Waals surface area contributed by atoms with E-state index in [1.165, 1.54) is 17.0 Å². The Morgan fingerprint density at radius 3 is 2.54 bits per heavy atom. The van der Waals surface area contributed by atoms with Crippen molar-refractivity contribution in [2.24, 2.45) is 16.6 Å². The molecule has 0 saturated carbocycles. The van der Waals surface area contributed by atoms with Crippen LogP contribution in [-0.4, -0.2) is 41.9 Å². The fraction of sp³-hybridized carbons (Fsp3) is 0.444. The van der Waals surface area contributed by atoms with Gasteiger partial charge in [0.2, 0.25) is 5.91 Å². The first-order valence-electron chi connectivity index (χ1n) is 11.8. The van der Waals surface area contributed by atoms with Gasteiger partial charge in [0.25, 0.3) is 5.91 Å². The van der Waals surface area contributed by atoms with Gasteiger partial charge >= 0.3 is 0 Å². The molecular weight excluding hydrogens is 447 g/mol. The van der Waals surface area contributed by atoms with E-state index in [1.54, 1.807) is 13.2 Å². The Kier molecular flexibility index (Phi) is 8.27. The maximum atomic E-state index is 14.5. The lowest BCUT2D eigenvalue weighted by atomic mass is 9.84. The van der Waals surface area contributed by atoms with Crippen LogP contribution in [0.3, 0.4) is 0 Å². The molecule has 3 N–H and O–H groups in total. The zero-order valence-electron chi connectivity index (χ0n) is 21.1. The van der Waals surface area contributed by atoms with Crippen LogP contribution < -0.4 is 11.1 Å². The first-order valence-corrected chi connectivity index (χ1v) is 11.8. The lowest BCUT2D eigenvalue weighted by molar-refractivity contribution is -0.130. The number of rotatable bonds is 9. The standard InChI is InChI=1S/C27H35FN4O3/c1-17(2)27(4)15-24(33)32(26(29)31-27)16-19-12-21(14-22(28)13-19)25(34)30-23(10-11-35-5)20-8-6-18(3)7-9-20/h6-9,12-14,17,23H,10-11,15-16H2,1-5H3,(H2,29,31)(H,30,34)/t23-,27-/m0/s1. The number of hydrogen-bond donors (Lipinski definition) is 2. The number of benzene rings is 2. The normalized spacial score (nSPS) is 19.0. The number of halogens is 1. The summed E-state index contributed by atoms with van der Waals surface area (Å²) in [5.74, 6) is -0.916. The third-order valence-corrected chi connectivity index (χ3v) is 6.66. The average molecular weight is 483 g/mol. The summed E-state index contributed by atoms with van der Waals surface area (Å²) in [6.07, 6.45) is 0.781. The molecule has 1 aliphatic rings. The Balaban J connectivity index is 1.81. The quantitative estimate of drug-likeness (QED) is 0.562. The van der Waals surface area contributed by atoms with E-state index in [9.17, 15) is 14.0 Å². The van der Waals surface area contributed by atoms with Crippen molar-refractivity contribution in [3.63, 3.8) is 0 Å². The van der Waals surface area contributed by atoms with Crippen LogP contribution in [0.25, 0.3) is 0 Å². The van der Waals surface area contributed by atoms with Crippen molar-refractivity contribution >= 4 is 17.8 Å². The van der Waals surface area contributed by atoms with E-state index in [0.29, 0.717) is 18.6 Å². The Morgan fingerprint density at radius 1 is 1.26 bits per heavy atom. The molecule has 0 aromatic heterocycles. The molecule has 2 aromatic rings. The van der Waals surface area contributed by atoms with E-state index in [2.05, 4.69) is 10.3 Å². The summed E-state index contributed by atoms with van der Waals surface area (Å²) in [5, 5.41) is 2.99. The highest BCUT2D eigenvalue weighted by molar-refractivity contribution is 5.99. The van der Waals surface area contributed by atoms with Crippen LogP contribution >= 0.6 is 0 Å². The van der Waals surface area contributed by atoms with Crippen LogP contribution in [0.4, 0.5) is 4.39 Å². The zero-order chi connectivity index (χ0) is 25.8. The van der Waals surface area contributed by atoms with Crippen molar-refractivity contribution in [2.45, 2.75) is 58.7 Å². The largest absolute Gasteiger partial charge is 0.385 e. The monoisotopic (exact) mass is 482 g/mol. The zero-order valence-corrected chi connectivity index (χ0v) is 21.1. The number of aryl methyl sites for hydroxylation is 1. The first kappa shape index (κ1) is 26.3. The van der Waals surface area contributed by atoms with E-state index in [0.717, 1.165) is 11.1 Å². The van der Waals surface area contributed by atoms with Gasteiger partial charge in [-0.05, 0) is 55.5 Å². The molecule has 0 bridgehead atoms. The minimum absolute atomic E-state index is 0.0332. The lowest BCUT2D eigenvalue weighted by Crippen LogP contribution is -2.51. The summed E-state index contributed by atoms with van der Waals surface area (Å²) in [4.78, 5) is 31.8. The van der Waals surface area contributed by atoms with Crippen LogP contribution in [0.5, 0.6) is 0 Å². The molecule has 3 rings (SSSR count). The maximum absolute atomic E-state index is 14.5. The summed E-state index contributed by atoms with van der Waals surface area (Å²) >= 11 is 0. The number of amides is 2. The van der Waals surface area contributed by atoms with Crippen LogP contribution in [0.2, 0.25) is 0 Å². The Bertz CT molecular complexity index is 1100. The van der Waals surface area contributed by atoms with Crippen molar-refractivity contribution in [3.05, 3.63) is 70.5 Å². The molecular formula is C27H35FN4O3. The fourth-order valence-electron chi connectivity index (χ4n) is 4.05. The number of nitrogens with one attached hydrogen (secondary N) is 1. The van der Waals surface area contributed by atoms with Crippen LogP contribution in [0.1, 0.15) is 66.7 Å². The van der Waals surface area contributed by atoms with Crippen molar-refractivity contribution < 1.29 is 18.7 Å².